The molecule has 0 radical (unpaired) electrons. The molecule has 0 saturated heterocycles. The van der Waals surface area contributed by atoms with Crippen LogP contribution in [-0.4, -0.2) is 29.1 Å². The third-order valence-electron chi connectivity index (χ3n) is 5.08. The Bertz CT molecular complexity index is 1130. The summed E-state index contributed by atoms with van der Waals surface area (Å²) in [6, 6.07) is 13.8. The number of nitrogens with one attached hydrogen (secondary N) is 1. The Hall–Kier alpha value is -2.86. The Labute approximate surface area is 174 Å². The average molecular weight is 406 g/mol. The number of anilines is 2. The molecule has 1 aromatic heterocycles. The number of carbonyl (C=O) groups is 2. The average Bonchev–Trinajstić information content (AvgIpc) is 2.70. The summed E-state index contributed by atoms with van der Waals surface area (Å²) < 4.78 is 0. The molecule has 2 heterocycles. The van der Waals surface area contributed by atoms with Gasteiger partial charge in [0.25, 0.3) is 0 Å². The molecule has 0 bridgehead atoms. The SMILES string of the molecule is CCc1cc2cc(C)cc(C)c2nc1SCC(=O)N1CC(=O)Nc2ccccc21. The quantitative estimate of drug-likeness (QED) is 0.650. The monoisotopic (exact) mass is 405 g/mol. The van der Waals surface area contributed by atoms with Crippen LogP contribution in [0.5, 0.6) is 0 Å². The summed E-state index contributed by atoms with van der Waals surface area (Å²) in [6.45, 7) is 6.30. The molecule has 3 aromatic rings. The first-order valence-electron chi connectivity index (χ1n) is 9.69. The molecular formula is C23H23N3O2S. The van der Waals surface area contributed by atoms with Crippen molar-refractivity contribution in [2.24, 2.45) is 0 Å². The molecule has 2 amide bonds. The second-order valence-corrected chi connectivity index (χ2v) is 8.26. The van der Waals surface area contributed by atoms with Gasteiger partial charge in [0.15, 0.2) is 0 Å². The van der Waals surface area contributed by atoms with Crippen LogP contribution in [-0.2, 0) is 16.0 Å². The van der Waals surface area contributed by atoms with Crippen LogP contribution < -0.4 is 10.2 Å². The molecule has 148 valence electrons. The van der Waals surface area contributed by atoms with Gasteiger partial charge in [-0.15, -0.1) is 0 Å². The van der Waals surface area contributed by atoms with Gasteiger partial charge in [0.2, 0.25) is 11.8 Å². The third kappa shape index (κ3) is 3.85. The van der Waals surface area contributed by atoms with Gasteiger partial charge in [-0.3, -0.25) is 9.59 Å². The number of hydrogen-bond donors (Lipinski definition) is 1. The second-order valence-electron chi connectivity index (χ2n) is 7.29. The normalized spacial score (nSPS) is 13.3. The van der Waals surface area contributed by atoms with Crippen molar-refractivity contribution in [1.82, 2.24) is 4.98 Å². The molecule has 0 spiro atoms. The highest BCUT2D eigenvalue weighted by atomic mass is 32.2. The van der Waals surface area contributed by atoms with Crippen molar-refractivity contribution in [3.63, 3.8) is 0 Å². The van der Waals surface area contributed by atoms with Crippen molar-refractivity contribution in [3.05, 3.63) is 59.2 Å². The largest absolute Gasteiger partial charge is 0.323 e. The van der Waals surface area contributed by atoms with E-state index in [0.29, 0.717) is 5.69 Å². The number of aryl methyl sites for hydroxylation is 3. The Kier molecular flexibility index (Phi) is 5.28. The Morgan fingerprint density at radius 3 is 2.79 bits per heavy atom. The lowest BCUT2D eigenvalue weighted by atomic mass is 10.0. The molecule has 1 N–H and O–H groups in total. The highest BCUT2D eigenvalue weighted by Crippen LogP contribution is 2.31. The van der Waals surface area contributed by atoms with Crippen LogP contribution in [0.3, 0.4) is 0 Å². The molecule has 2 aromatic carbocycles. The molecule has 29 heavy (non-hydrogen) atoms. The predicted molar refractivity (Wildman–Crippen MR) is 119 cm³/mol. The van der Waals surface area contributed by atoms with Gasteiger partial charge < -0.3 is 10.2 Å². The summed E-state index contributed by atoms with van der Waals surface area (Å²) in [4.78, 5) is 31.4. The van der Waals surface area contributed by atoms with E-state index in [1.165, 1.54) is 17.3 Å². The lowest BCUT2D eigenvalue weighted by Gasteiger charge is -2.29. The van der Waals surface area contributed by atoms with E-state index in [-0.39, 0.29) is 24.1 Å². The van der Waals surface area contributed by atoms with Gasteiger partial charge in [0.05, 0.1) is 22.6 Å². The number of pyridine rings is 1. The number of benzene rings is 2. The zero-order valence-corrected chi connectivity index (χ0v) is 17.6. The van der Waals surface area contributed by atoms with Crippen LogP contribution >= 0.6 is 11.8 Å². The number of thioether (sulfide) groups is 1. The second kappa shape index (κ2) is 7.87. The molecule has 1 aliphatic rings. The highest BCUT2D eigenvalue weighted by Gasteiger charge is 2.26. The minimum atomic E-state index is -0.175. The Morgan fingerprint density at radius 2 is 2.00 bits per heavy atom. The molecule has 0 aliphatic carbocycles. The zero-order valence-electron chi connectivity index (χ0n) is 16.8. The van der Waals surface area contributed by atoms with Crippen molar-refractivity contribution in [2.75, 3.05) is 22.5 Å². The summed E-state index contributed by atoms with van der Waals surface area (Å²) in [6.07, 6.45) is 0.849. The van der Waals surface area contributed by atoms with Gasteiger partial charge in [0, 0.05) is 5.39 Å². The highest BCUT2D eigenvalue weighted by molar-refractivity contribution is 8.00. The molecule has 0 fully saturated rings. The van der Waals surface area contributed by atoms with Gasteiger partial charge >= 0.3 is 0 Å². The molecule has 4 rings (SSSR count). The van der Waals surface area contributed by atoms with Gasteiger partial charge in [-0.2, -0.15) is 0 Å². The fourth-order valence-corrected chi connectivity index (χ4v) is 4.68. The van der Waals surface area contributed by atoms with Crippen LogP contribution in [0.1, 0.15) is 23.6 Å². The molecule has 0 saturated carbocycles. The first-order valence-corrected chi connectivity index (χ1v) is 10.7. The summed E-state index contributed by atoms with van der Waals surface area (Å²) in [5, 5.41) is 4.84. The van der Waals surface area contributed by atoms with Crippen molar-refractivity contribution >= 4 is 45.9 Å². The number of para-hydroxylation sites is 2. The van der Waals surface area contributed by atoms with Crippen LogP contribution in [0, 0.1) is 13.8 Å². The molecule has 5 nitrogen and oxygen atoms in total. The maximum Gasteiger partial charge on any atom is 0.244 e. The number of rotatable bonds is 4. The van der Waals surface area contributed by atoms with Crippen LogP contribution in [0.2, 0.25) is 0 Å². The van der Waals surface area contributed by atoms with Crippen molar-refractivity contribution < 1.29 is 9.59 Å². The fourth-order valence-electron chi connectivity index (χ4n) is 3.72. The summed E-state index contributed by atoms with van der Waals surface area (Å²) in [7, 11) is 0. The molecule has 0 atom stereocenters. The minimum absolute atomic E-state index is 0.0422. The van der Waals surface area contributed by atoms with Crippen molar-refractivity contribution in [1.29, 1.82) is 0 Å². The van der Waals surface area contributed by atoms with E-state index in [2.05, 4.69) is 44.3 Å². The number of carbonyl (C=O) groups excluding carboxylic acids is 2. The minimum Gasteiger partial charge on any atom is -0.323 e. The molecule has 0 unspecified atom stereocenters. The number of nitrogens with zero attached hydrogens (tertiary/aromatic N) is 2. The summed E-state index contributed by atoms with van der Waals surface area (Å²) in [5.74, 6) is -0.0362. The number of amides is 2. The van der Waals surface area contributed by atoms with E-state index in [9.17, 15) is 9.59 Å². The molecule has 6 heteroatoms. The van der Waals surface area contributed by atoms with E-state index in [1.807, 2.05) is 24.3 Å². The van der Waals surface area contributed by atoms with Crippen LogP contribution in [0.25, 0.3) is 10.9 Å². The maximum atomic E-state index is 13.0. The van der Waals surface area contributed by atoms with E-state index in [4.69, 9.17) is 4.98 Å². The van der Waals surface area contributed by atoms with Crippen molar-refractivity contribution in [3.8, 4) is 0 Å². The maximum absolute atomic E-state index is 13.0. The van der Waals surface area contributed by atoms with Gasteiger partial charge in [0.1, 0.15) is 11.6 Å². The first kappa shape index (κ1) is 19.5. The van der Waals surface area contributed by atoms with E-state index >= 15 is 0 Å². The van der Waals surface area contributed by atoms with Crippen molar-refractivity contribution in [2.45, 2.75) is 32.2 Å². The summed E-state index contributed by atoms with van der Waals surface area (Å²) >= 11 is 1.44. The predicted octanol–water partition coefficient (Wildman–Crippen LogP) is 4.49. The third-order valence-corrected chi connectivity index (χ3v) is 6.10. The Morgan fingerprint density at radius 1 is 1.21 bits per heavy atom. The lowest BCUT2D eigenvalue weighted by Crippen LogP contribution is -2.43. The van der Waals surface area contributed by atoms with Gasteiger partial charge in [-0.05, 0) is 55.7 Å². The standard InChI is InChI=1S/C23H23N3O2S/c1-4-16-11-17-10-14(2)9-15(3)22(17)25-23(16)29-13-21(28)26-12-20(27)24-18-7-5-6-8-19(18)26/h5-11H,4,12-13H2,1-3H3,(H,24,27). The Balaban J connectivity index is 1.60. The van der Waals surface area contributed by atoms with E-state index in [0.717, 1.165) is 39.2 Å². The smallest absolute Gasteiger partial charge is 0.244 e. The number of aromatic nitrogens is 1. The van der Waals surface area contributed by atoms with Gasteiger partial charge in [-0.25, -0.2) is 4.98 Å². The van der Waals surface area contributed by atoms with Crippen LogP contribution in [0.4, 0.5) is 11.4 Å². The summed E-state index contributed by atoms with van der Waals surface area (Å²) in [5.41, 5.74) is 5.88. The number of fused-ring (bicyclic) bond motifs is 2. The molecule has 1 aliphatic heterocycles. The van der Waals surface area contributed by atoms with Crippen LogP contribution in [0.15, 0.2) is 47.5 Å². The van der Waals surface area contributed by atoms with E-state index in [1.54, 1.807) is 4.90 Å². The number of hydrogen-bond acceptors (Lipinski definition) is 4. The fraction of sp³-hybridized carbons (Fsp3) is 0.261. The lowest BCUT2D eigenvalue weighted by molar-refractivity contribution is -0.120. The zero-order chi connectivity index (χ0) is 20.5. The van der Waals surface area contributed by atoms with E-state index < -0.39 is 0 Å². The van der Waals surface area contributed by atoms with Gasteiger partial charge in [-0.1, -0.05) is 42.4 Å². The topological polar surface area (TPSA) is 62.3 Å². The molecular weight excluding hydrogens is 382 g/mol. The first-order chi connectivity index (χ1) is 14.0.